The van der Waals surface area contributed by atoms with Crippen LogP contribution in [0, 0.1) is 0 Å². The van der Waals surface area contributed by atoms with Gasteiger partial charge in [0.25, 0.3) is 0 Å². The summed E-state index contributed by atoms with van der Waals surface area (Å²) in [5.74, 6) is 0.502. The average molecular weight is 312 g/mol. The van der Waals surface area contributed by atoms with Crippen molar-refractivity contribution < 1.29 is 4.57 Å². The lowest BCUT2D eigenvalue weighted by Crippen LogP contribution is -2.01. The summed E-state index contributed by atoms with van der Waals surface area (Å²) in [5.41, 5.74) is 2.83. The Labute approximate surface area is 136 Å². The van der Waals surface area contributed by atoms with Crippen molar-refractivity contribution >= 4 is 8.46 Å². The number of unbranched alkanes of at least 4 members (excludes halogenated alkanes) is 4. The fourth-order valence-corrected chi connectivity index (χ4v) is 3.30. The molecule has 2 heteroatoms. The molecule has 0 N–H and O–H groups in total. The summed E-state index contributed by atoms with van der Waals surface area (Å²) in [6, 6.07) is 21.7. The van der Waals surface area contributed by atoms with Crippen LogP contribution in [0.25, 0.3) is 0 Å². The zero-order valence-electron chi connectivity index (χ0n) is 13.2. The first kappa shape index (κ1) is 16.9. The van der Waals surface area contributed by atoms with Gasteiger partial charge in [0, 0.05) is 12.1 Å². The number of benzene rings is 2. The topological polar surface area (TPSA) is 17.1 Å². The van der Waals surface area contributed by atoms with Crippen LogP contribution in [0.5, 0.6) is 0 Å². The zero-order valence-corrected chi connectivity index (χ0v) is 14.1. The first-order valence-corrected chi connectivity index (χ1v) is 9.30. The van der Waals surface area contributed by atoms with E-state index in [1.807, 2.05) is 0 Å². The van der Waals surface area contributed by atoms with Crippen LogP contribution in [0.4, 0.5) is 0 Å². The molecule has 2 aromatic rings. The predicted molar refractivity (Wildman–Crippen MR) is 94.9 cm³/mol. The van der Waals surface area contributed by atoms with Gasteiger partial charge in [-0.05, 0) is 24.0 Å². The summed E-state index contributed by atoms with van der Waals surface area (Å²) in [6.45, 7) is 0. The molecule has 1 nitrogen and oxygen atoms in total. The molecule has 0 unspecified atom stereocenters. The van der Waals surface area contributed by atoms with Crippen molar-refractivity contribution in [1.82, 2.24) is 0 Å². The fourth-order valence-electron chi connectivity index (χ4n) is 2.95. The highest BCUT2D eigenvalue weighted by atomic mass is 31.1. The summed E-state index contributed by atoms with van der Waals surface area (Å²) in [7, 11) is 0.297. The zero-order chi connectivity index (χ0) is 15.5. The lowest BCUT2D eigenvalue weighted by molar-refractivity contribution is 0.575. The molecule has 0 spiro atoms. The Morgan fingerprint density at radius 3 is 1.73 bits per heavy atom. The molecule has 2 rings (SSSR count). The van der Waals surface area contributed by atoms with E-state index >= 15 is 0 Å². The van der Waals surface area contributed by atoms with E-state index in [9.17, 15) is 4.57 Å². The Hall–Kier alpha value is -1.46. The second-order valence-electron chi connectivity index (χ2n) is 5.78. The molecule has 0 aliphatic heterocycles. The standard InChI is InChI=1S/C20H25OP/c21-22-17-11-3-1-2-10-16-20(18-12-6-4-7-13-18)19-14-8-5-9-15-19/h4-9,12-15,20H,1-3,10-11,16-17H2. The molecule has 0 amide bonds. The number of hydrogen-bond acceptors (Lipinski definition) is 1. The third kappa shape index (κ3) is 5.73. The van der Waals surface area contributed by atoms with Crippen LogP contribution in [0.2, 0.25) is 0 Å². The van der Waals surface area contributed by atoms with Gasteiger partial charge in [-0.3, -0.25) is 4.57 Å². The molecule has 116 valence electrons. The molecule has 0 heterocycles. The lowest BCUT2D eigenvalue weighted by atomic mass is 9.87. The Morgan fingerprint density at radius 1 is 0.682 bits per heavy atom. The average Bonchev–Trinajstić information content (AvgIpc) is 2.59. The van der Waals surface area contributed by atoms with Crippen LogP contribution < -0.4 is 0 Å². The van der Waals surface area contributed by atoms with E-state index < -0.39 is 0 Å². The van der Waals surface area contributed by atoms with Crippen LogP contribution in [0.3, 0.4) is 0 Å². The van der Waals surface area contributed by atoms with Crippen molar-refractivity contribution in [3.8, 4) is 0 Å². The summed E-state index contributed by atoms with van der Waals surface area (Å²) in [4.78, 5) is 0. The van der Waals surface area contributed by atoms with E-state index in [0.29, 0.717) is 14.4 Å². The molecular weight excluding hydrogens is 287 g/mol. The SMILES string of the molecule is O=PCCCCCCCC(c1ccccc1)c1ccccc1. The molecule has 0 radical (unpaired) electrons. The van der Waals surface area contributed by atoms with Crippen molar-refractivity contribution in [3.63, 3.8) is 0 Å². The van der Waals surface area contributed by atoms with Gasteiger partial charge in [-0.2, -0.15) is 0 Å². The van der Waals surface area contributed by atoms with Crippen molar-refractivity contribution in [2.45, 2.75) is 44.4 Å². The molecule has 0 aliphatic carbocycles. The molecule has 0 bridgehead atoms. The fraction of sp³-hybridized carbons (Fsp3) is 0.400. The van der Waals surface area contributed by atoms with Crippen LogP contribution in [-0.4, -0.2) is 6.16 Å². The second-order valence-corrected chi connectivity index (χ2v) is 6.49. The van der Waals surface area contributed by atoms with Crippen LogP contribution >= 0.6 is 8.46 Å². The first-order chi connectivity index (χ1) is 10.9. The molecule has 0 saturated carbocycles. The van der Waals surface area contributed by atoms with Gasteiger partial charge in [-0.25, -0.2) is 0 Å². The third-order valence-electron chi connectivity index (χ3n) is 4.15. The van der Waals surface area contributed by atoms with Gasteiger partial charge in [-0.15, -0.1) is 0 Å². The summed E-state index contributed by atoms with van der Waals surface area (Å²) < 4.78 is 10.4. The maximum atomic E-state index is 10.4. The second kappa shape index (κ2) is 10.3. The third-order valence-corrected chi connectivity index (χ3v) is 4.64. The monoisotopic (exact) mass is 312 g/mol. The molecule has 0 aliphatic rings. The highest BCUT2D eigenvalue weighted by Gasteiger charge is 2.13. The van der Waals surface area contributed by atoms with Crippen molar-refractivity contribution in [1.29, 1.82) is 0 Å². The summed E-state index contributed by atoms with van der Waals surface area (Å²) >= 11 is 0. The minimum atomic E-state index is 0.297. The van der Waals surface area contributed by atoms with E-state index in [0.717, 1.165) is 12.6 Å². The Morgan fingerprint density at radius 2 is 1.18 bits per heavy atom. The van der Waals surface area contributed by atoms with Gasteiger partial charge >= 0.3 is 0 Å². The van der Waals surface area contributed by atoms with Crippen LogP contribution in [-0.2, 0) is 4.57 Å². The molecule has 0 atom stereocenters. The van der Waals surface area contributed by atoms with Gasteiger partial charge in [0.05, 0.1) is 0 Å². The summed E-state index contributed by atoms with van der Waals surface area (Å²) in [6.07, 6.45) is 8.09. The van der Waals surface area contributed by atoms with E-state index in [1.54, 1.807) is 0 Å². The van der Waals surface area contributed by atoms with Crippen molar-refractivity contribution in [3.05, 3.63) is 71.8 Å². The van der Waals surface area contributed by atoms with Gasteiger partial charge in [0.2, 0.25) is 0 Å². The van der Waals surface area contributed by atoms with E-state index in [1.165, 1.54) is 43.2 Å². The minimum Gasteiger partial charge on any atom is -0.275 e. The number of rotatable bonds is 10. The van der Waals surface area contributed by atoms with E-state index in [2.05, 4.69) is 60.7 Å². The predicted octanol–water partition coefficient (Wildman–Crippen LogP) is 6.45. The Kier molecular flexibility index (Phi) is 7.91. The molecule has 0 fully saturated rings. The lowest BCUT2D eigenvalue weighted by Gasteiger charge is -2.18. The first-order valence-electron chi connectivity index (χ1n) is 8.31. The van der Waals surface area contributed by atoms with Crippen molar-refractivity contribution in [2.24, 2.45) is 0 Å². The summed E-state index contributed by atoms with van der Waals surface area (Å²) in [5, 5.41) is 0. The number of hydrogen-bond donors (Lipinski definition) is 0. The van der Waals surface area contributed by atoms with Gasteiger partial charge in [0.1, 0.15) is 0 Å². The maximum Gasteiger partial charge on any atom is 0.155 e. The maximum absolute atomic E-state index is 10.4. The molecule has 2 aromatic carbocycles. The van der Waals surface area contributed by atoms with Gasteiger partial charge in [0.15, 0.2) is 8.46 Å². The van der Waals surface area contributed by atoms with Crippen LogP contribution in [0.15, 0.2) is 60.7 Å². The van der Waals surface area contributed by atoms with E-state index in [-0.39, 0.29) is 0 Å². The molecule has 0 saturated heterocycles. The largest absolute Gasteiger partial charge is 0.275 e. The normalized spacial score (nSPS) is 11.1. The van der Waals surface area contributed by atoms with E-state index in [4.69, 9.17) is 0 Å². The van der Waals surface area contributed by atoms with Gasteiger partial charge < -0.3 is 0 Å². The Bertz CT molecular complexity index is 484. The Balaban J connectivity index is 1.88. The van der Waals surface area contributed by atoms with Gasteiger partial charge in [-0.1, -0.05) is 86.3 Å². The quantitative estimate of drug-likeness (QED) is 0.364. The molecule has 0 aromatic heterocycles. The van der Waals surface area contributed by atoms with Crippen molar-refractivity contribution in [2.75, 3.05) is 6.16 Å². The minimum absolute atomic E-state index is 0.297. The van der Waals surface area contributed by atoms with Crippen LogP contribution in [0.1, 0.15) is 55.6 Å². The highest BCUT2D eigenvalue weighted by molar-refractivity contribution is 7.23. The highest BCUT2D eigenvalue weighted by Crippen LogP contribution is 2.29. The molecule has 22 heavy (non-hydrogen) atoms. The molecular formula is C20H25OP. The smallest absolute Gasteiger partial charge is 0.155 e.